The van der Waals surface area contributed by atoms with Gasteiger partial charge in [0.25, 0.3) is 5.91 Å². The molecule has 0 spiro atoms. The molecule has 2 N–H and O–H groups in total. The Hall–Kier alpha value is -1.61. The number of nitrogens with zero attached hydrogens (tertiary/aromatic N) is 4. The molecular weight excluding hydrogens is 294 g/mol. The van der Waals surface area contributed by atoms with Crippen molar-refractivity contribution in [2.45, 2.75) is 20.4 Å². The van der Waals surface area contributed by atoms with Gasteiger partial charge in [-0.05, 0) is 13.8 Å². The van der Waals surface area contributed by atoms with E-state index in [0.717, 1.165) is 0 Å². The van der Waals surface area contributed by atoms with Gasteiger partial charge in [0.15, 0.2) is 0 Å². The number of hydrogen-bond donors (Lipinski definition) is 1. The highest BCUT2D eigenvalue weighted by molar-refractivity contribution is 7.88. The largest absolute Gasteiger partial charge is 0.395 e. The Morgan fingerprint density at radius 2 is 1.86 bits per heavy atom. The zero-order valence-electron chi connectivity index (χ0n) is 12.5. The molecule has 1 fully saturated rings. The maximum absolute atomic E-state index is 12.6. The van der Waals surface area contributed by atoms with Crippen molar-refractivity contribution in [1.29, 1.82) is 0 Å². The van der Waals surface area contributed by atoms with Crippen molar-refractivity contribution >= 4 is 21.6 Å². The summed E-state index contributed by atoms with van der Waals surface area (Å²) in [6.45, 7) is 5.55. The van der Waals surface area contributed by atoms with Crippen LogP contribution in [0.15, 0.2) is 0 Å². The molecule has 0 saturated carbocycles. The average molecular weight is 315 g/mol. The van der Waals surface area contributed by atoms with Gasteiger partial charge in [-0.3, -0.25) is 9.48 Å². The molecule has 0 aromatic carbocycles. The highest BCUT2D eigenvalue weighted by Gasteiger charge is 2.29. The molecule has 1 amide bonds. The Kier molecular flexibility index (Phi) is 4.24. The number of amides is 1. The van der Waals surface area contributed by atoms with Gasteiger partial charge in [-0.1, -0.05) is 0 Å². The summed E-state index contributed by atoms with van der Waals surface area (Å²) in [5, 5.41) is 4.24. The number of rotatable bonds is 3. The Labute approximate surface area is 124 Å². The molecule has 1 aliphatic heterocycles. The van der Waals surface area contributed by atoms with Crippen LogP contribution < -0.4 is 5.73 Å². The third-order valence-electron chi connectivity index (χ3n) is 3.67. The summed E-state index contributed by atoms with van der Waals surface area (Å²) in [7, 11) is -3.20. The Bertz CT molecular complexity index is 644. The van der Waals surface area contributed by atoms with Crippen molar-refractivity contribution in [2.75, 3.05) is 38.2 Å². The first-order valence-electron chi connectivity index (χ1n) is 6.83. The lowest BCUT2D eigenvalue weighted by Crippen LogP contribution is -2.50. The maximum atomic E-state index is 12.6. The van der Waals surface area contributed by atoms with E-state index in [0.29, 0.717) is 49.8 Å². The van der Waals surface area contributed by atoms with Gasteiger partial charge in [0.2, 0.25) is 10.0 Å². The zero-order chi connectivity index (χ0) is 15.8. The molecule has 0 unspecified atom stereocenters. The Morgan fingerprint density at radius 1 is 1.29 bits per heavy atom. The molecule has 21 heavy (non-hydrogen) atoms. The number of nitrogen functional groups attached to an aromatic ring is 1. The molecule has 9 heteroatoms. The van der Waals surface area contributed by atoms with Gasteiger partial charge < -0.3 is 10.6 Å². The number of aromatic nitrogens is 2. The van der Waals surface area contributed by atoms with Crippen LogP contribution in [-0.4, -0.2) is 65.7 Å². The molecule has 8 nitrogen and oxygen atoms in total. The van der Waals surface area contributed by atoms with Gasteiger partial charge in [-0.2, -0.15) is 9.40 Å². The number of carbonyl (C=O) groups is 1. The second-order valence-electron chi connectivity index (χ2n) is 5.12. The number of hydrogen-bond acceptors (Lipinski definition) is 5. The Morgan fingerprint density at radius 3 is 2.33 bits per heavy atom. The van der Waals surface area contributed by atoms with Crippen LogP contribution in [0.1, 0.15) is 23.1 Å². The highest BCUT2D eigenvalue weighted by atomic mass is 32.2. The summed E-state index contributed by atoms with van der Waals surface area (Å²) in [4.78, 5) is 14.2. The third-order valence-corrected chi connectivity index (χ3v) is 4.97. The summed E-state index contributed by atoms with van der Waals surface area (Å²) >= 11 is 0. The van der Waals surface area contributed by atoms with E-state index in [1.807, 2.05) is 6.92 Å². The van der Waals surface area contributed by atoms with Gasteiger partial charge in [0, 0.05) is 32.7 Å². The number of nitrogens with two attached hydrogens (primary N) is 1. The highest BCUT2D eigenvalue weighted by Crippen LogP contribution is 2.19. The van der Waals surface area contributed by atoms with Gasteiger partial charge in [-0.15, -0.1) is 0 Å². The van der Waals surface area contributed by atoms with Crippen LogP contribution in [0, 0.1) is 6.92 Å². The molecule has 0 radical (unpaired) electrons. The molecule has 0 bridgehead atoms. The number of anilines is 1. The number of sulfonamides is 1. The topological polar surface area (TPSA) is 102 Å². The van der Waals surface area contributed by atoms with Crippen molar-refractivity contribution in [2.24, 2.45) is 0 Å². The van der Waals surface area contributed by atoms with Gasteiger partial charge in [0.1, 0.15) is 5.69 Å². The van der Waals surface area contributed by atoms with Crippen LogP contribution in [0.2, 0.25) is 0 Å². The molecule has 2 heterocycles. The van der Waals surface area contributed by atoms with Crippen LogP contribution in [-0.2, 0) is 16.6 Å². The van der Waals surface area contributed by atoms with Crippen LogP contribution in [0.5, 0.6) is 0 Å². The summed E-state index contributed by atoms with van der Waals surface area (Å²) in [6, 6.07) is 0. The monoisotopic (exact) mass is 315 g/mol. The van der Waals surface area contributed by atoms with E-state index < -0.39 is 10.0 Å². The predicted molar refractivity (Wildman–Crippen MR) is 79.4 cm³/mol. The van der Waals surface area contributed by atoms with Crippen molar-refractivity contribution in [3.8, 4) is 0 Å². The Balaban J connectivity index is 2.16. The van der Waals surface area contributed by atoms with E-state index in [2.05, 4.69) is 5.10 Å². The second-order valence-corrected chi connectivity index (χ2v) is 7.10. The smallest absolute Gasteiger partial charge is 0.274 e. The SMILES string of the molecule is CCn1nc(C)c(N)c1C(=O)N1CCN(S(C)(=O)=O)CC1. The maximum Gasteiger partial charge on any atom is 0.274 e. The van der Waals surface area contributed by atoms with E-state index in [1.165, 1.54) is 10.6 Å². The molecule has 118 valence electrons. The molecule has 1 aromatic heterocycles. The summed E-state index contributed by atoms with van der Waals surface area (Å²) in [5.41, 5.74) is 7.37. The summed E-state index contributed by atoms with van der Waals surface area (Å²) in [5.74, 6) is -0.192. The average Bonchev–Trinajstić information content (AvgIpc) is 2.73. The summed E-state index contributed by atoms with van der Waals surface area (Å²) < 4.78 is 25.9. The lowest BCUT2D eigenvalue weighted by Gasteiger charge is -2.33. The third kappa shape index (κ3) is 3.03. The van der Waals surface area contributed by atoms with E-state index in [1.54, 1.807) is 16.5 Å². The van der Waals surface area contributed by atoms with Crippen molar-refractivity contribution in [3.05, 3.63) is 11.4 Å². The van der Waals surface area contributed by atoms with Crippen molar-refractivity contribution in [1.82, 2.24) is 19.0 Å². The fourth-order valence-electron chi connectivity index (χ4n) is 2.42. The standard InChI is InChI=1S/C12H21N5O3S/c1-4-17-11(10(13)9(2)14-17)12(18)15-5-7-16(8-6-15)21(3,19)20/h4-8,13H2,1-3H3. The molecule has 0 aliphatic carbocycles. The molecule has 1 saturated heterocycles. The van der Waals surface area contributed by atoms with Gasteiger partial charge in [0.05, 0.1) is 17.6 Å². The van der Waals surface area contributed by atoms with Crippen LogP contribution in [0.3, 0.4) is 0 Å². The minimum absolute atomic E-state index is 0.192. The number of carbonyl (C=O) groups excluding carboxylic acids is 1. The fourth-order valence-corrected chi connectivity index (χ4v) is 3.25. The number of piperazine rings is 1. The van der Waals surface area contributed by atoms with Gasteiger partial charge >= 0.3 is 0 Å². The first kappa shape index (κ1) is 15.8. The molecule has 1 aliphatic rings. The van der Waals surface area contributed by atoms with Crippen LogP contribution in [0.25, 0.3) is 0 Å². The molecule has 0 atom stereocenters. The number of aryl methyl sites for hydroxylation is 2. The van der Waals surface area contributed by atoms with Crippen molar-refractivity contribution < 1.29 is 13.2 Å². The lowest BCUT2D eigenvalue weighted by atomic mass is 10.2. The van der Waals surface area contributed by atoms with E-state index in [9.17, 15) is 13.2 Å². The first-order chi connectivity index (χ1) is 9.75. The zero-order valence-corrected chi connectivity index (χ0v) is 13.4. The fraction of sp³-hybridized carbons (Fsp3) is 0.667. The lowest BCUT2D eigenvalue weighted by molar-refractivity contribution is 0.0687. The minimum Gasteiger partial charge on any atom is -0.395 e. The normalized spacial score (nSPS) is 17.2. The van der Waals surface area contributed by atoms with Crippen LogP contribution >= 0.6 is 0 Å². The van der Waals surface area contributed by atoms with E-state index in [-0.39, 0.29) is 5.91 Å². The van der Waals surface area contributed by atoms with E-state index >= 15 is 0 Å². The summed E-state index contributed by atoms with van der Waals surface area (Å²) in [6.07, 6.45) is 1.18. The van der Waals surface area contributed by atoms with Crippen LogP contribution in [0.4, 0.5) is 5.69 Å². The quantitative estimate of drug-likeness (QED) is 0.811. The minimum atomic E-state index is -3.20. The second kappa shape index (κ2) is 5.64. The molecule has 2 rings (SSSR count). The predicted octanol–water partition coefficient (Wildman–Crippen LogP) is -0.489. The van der Waals surface area contributed by atoms with E-state index in [4.69, 9.17) is 5.73 Å². The molecule has 1 aromatic rings. The van der Waals surface area contributed by atoms with Gasteiger partial charge in [-0.25, -0.2) is 8.42 Å². The molecular formula is C12H21N5O3S. The van der Waals surface area contributed by atoms with Crippen molar-refractivity contribution in [3.63, 3.8) is 0 Å². The first-order valence-corrected chi connectivity index (χ1v) is 8.67.